The van der Waals surface area contributed by atoms with Gasteiger partial charge in [-0.2, -0.15) is 0 Å². The summed E-state index contributed by atoms with van der Waals surface area (Å²) in [4.78, 5) is 2.54. The van der Waals surface area contributed by atoms with Gasteiger partial charge in [-0.25, -0.2) is 0 Å². The highest BCUT2D eigenvalue weighted by Crippen LogP contribution is 2.35. The molecule has 0 bridgehead atoms. The van der Waals surface area contributed by atoms with Crippen LogP contribution in [0.4, 0.5) is 0 Å². The lowest BCUT2D eigenvalue weighted by atomic mass is 9.86. The molecule has 4 nitrogen and oxygen atoms in total. The molecule has 0 aliphatic heterocycles. The van der Waals surface area contributed by atoms with E-state index in [9.17, 15) is 5.11 Å². The summed E-state index contributed by atoms with van der Waals surface area (Å²) in [6.07, 6.45) is 6.13. The maximum Gasteiger partial charge on any atom is 0.119 e. The maximum atomic E-state index is 10.9. The molecule has 0 aromatic heterocycles. The van der Waals surface area contributed by atoms with Gasteiger partial charge in [0.2, 0.25) is 0 Å². The molecule has 0 aliphatic carbocycles. The average Bonchev–Trinajstić information content (AvgIpc) is 2.91. The Morgan fingerprint density at radius 1 is 0.789 bits per heavy atom. The van der Waals surface area contributed by atoms with Crippen LogP contribution in [0.3, 0.4) is 0 Å². The fourth-order valence-electron chi connectivity index (χ4n) is 5.33. The minimum atomic E-state index is 0.167. The van der Waals surface area contributed by atoms with Gasteiger partial charge in [0.25, 0.3) is 0 Å². The molecule has 0 spiro atoms. The van der Waals surface area contributed by atoms with Crippen molar-refractivity contribution in [3.05, 3.63) is 95.1 Å². The highest BCUT2D eigenvalue weighted by Gasteiger charge is 2.21. The Balaban J connectivity index is 1.57. The normalized spacial score (nSPS) is 12.4. The van der Waals surface area contributed by atoms with E-state index in [-0.39, 0.29) is 5.92 Å². The van der Waals surface area contributed by atoms with Crippen LogP contribution in [0.25, 0.3) is 0 Å². The molecule has 0 saturated heterocycles. The maximum absolute atomic E-state index is 10.9. The van der Waals surface area contributed by atoms with Gasteiger partial charge in [0.15, 0.2) is 0 Å². The van der Waals surface area contributed by atoms with E-state index in [1.54, 1.807) is 0 Å². The lowest BCUT2D eigenvalue weighted by molar-refractivity contribution is 0.170. The number of nitrogens with zero attached hydrogens (tertiary/aromatic N) is 1. The second-order valence-corrected chi connectivity index (χ2v) is 10.9. The van der Waals surface area contributed by atoms with E-state index >= 15 is 0 Å². The van der Waals surface area contributed by atoms with Gasteiger partial charge in [0.05, 0.1) is 6.61 Å². The van der Waals surface area contributed by atoms with E-state index in [1.807, 2.05) is 18.2 Å². The van der Waals surface area contributed by atoms with Crippen molar-refractivity contribution in [1.82, 2.24) is 4.90 Å². The van der Waals surface area contributed by atoms with Gasteiger partial charge in [0, 0.05) is 23.6 Å². The zero-order chi connectivity index (χ0) is 27.3. The van der Waals surface area contributed by atoms with E-state index in [2.05, 4.69) is 87.2 Å². The third kappa shape index (κ3) is 9.18. The first-order valence-corrected chi connectivity index (χ1v) is 14.4. The first kappa shape index (κ1) is 29.7. The van der Waals surface area contributed by atoms with E-state index in [4.69, 9.17) is 10.5 Å². The van der Waals surface area contributed by atoms with Crippen molar-refractivity contribution in [2.24, 2.45) is 5.73 Å². The van der Waals surface area contributed by atoms with Gasteiger partial charge < -0.3 is 15.6 Å². The number of nitrogens with two attached hydrogens (primary N) is 1. The molecular weight excluding hydrogens is 468 g/mol. The fraction of sp³-hybridized carbons (Fsp3) is 0.471. The molecule has 0 amide bonds. The van der Waals surface area contributed by atoms with Crippen molar-refractivity contribution >= 4 is 0 Å². The molecule has 3 aromatic carbocycles. The van der Waals surface area contributed by atoms with Crippen LogP contribution < -0.4 is 10.5 Å². The van der Waals surface area contributed by atoms with Crippen molar-refractivity contribution in [3.8, 4) is 11.5 Å². The summed E-state index contributed by atoms with van der Waals surface area (Å²) in [6.45, 7) is 11.5. The van der Waals surface area contributed by atoms with E-state index in [0.717, 1.165) is 63.0 Å². The van der Waals surface area contributed by atoms with Crippen LogP contribution in [0.15, 0.2) is 72.8 Å². The van der Waals surface area contributed by atoms with E-state index < -0.39 is 0 Å². The summed E-state index contributed by atoms with van der Waals surface area (Å²) >= 11 is 0. The number of ether oxygens (including phenoxy) is 1. The Labute approximate surface area is 230 Å². The van der Waals surface area contributed by atoms with Crippen LogP contribution in [-0.2, 0) is 12.8 Å². The summed E-state index contributed by atoms with van der Waals surface area (Å²) in [5.41, 5.74) is 10.5. The molecular formula is C34H48N2O2. The summed E-state index contributed by atoms with van der Waals surface area (Å²) in [6, 6.07) is 26.1. The molecule has 3 rings (SSSR count). The van der Waals surface area contributed by atoms with Crippen LogP contribution in [0.2, 0.25) is 0 Å². The topological polar surface area (TPSA) is 58.7 Å². The molecule has 3 N–H and O–H groups in total. The number of rotatable bonds is 16. The SMILES string of the molecule is CC(C)N(CCC(c1ccccc1)c1cc(CCCCCOc2ccc(CCN)cc2)ccc1O)C(C)C. The zero-order valence-electron chi connectivity index (χ0n) is 23.9. The summed E-state index contributed by atoms with van der Waals surface area (Å²) < 4.78 is 5.92. The fourth-order valence-corrected chi connectivity index (χ4v) is 5.33. The molecule has 3 aromatic rings. The largest absolute Gasteiger partial charge is 0.508 e. The number of hydrogen-bond acceptors (Lipinski definition) is 4. The second-order valence-electron chi connectivity index (χ2n) is 10.9. The van der Waals surface area contributed by atoms with Gasteiger partial charge in [-0.1, -0.05) is 54.6 Å². The number of aromatic hydroxyl groups is 1. The molecule has 38 heavy (non-hydrogen) atoms. The Hall–Kier alpha value is -2.82. The van der Waals surface area contributed by atoms with Gasteiger partial charge in [0.1, 0.15) is 11.5 Å². The molecule has 0 radical (unpaired) electrons. The average molecular weight is 517 g/mol. The predicted octanol–water partition coefficient (Wildman–Crippen LogP) is 7.33. The highest BCUT2D eigenvalue weighted by atomic mass is 16.5. The van der Waals surface area contributed by atoms with Crippen molar-refractivity contribution in [2.45, 2.75) is 84.2 Å². The van der Waals surface area contributed by atoms with Crippen molar-refractivity contribution in [3.63, 3.8) is 0 Å². The van der Waals surface area contributed by atoms with Crippen LogP contribution in [-0.4, -0.2) is 41.8 Å². The molecule has 206 valence electrons. The zero-order valence-corrected chi connectivity index (χ0v) is 23.9. The van der Waals surface area contributed by atoms with Gasteiger partial charge in [-0.3, -0.25) is 4.90 Å². The first-order valence-electron chi connectivity index (χ1n) is 14.4. The quantitative estimate of drug-likeness (QED) is 0.196. The van der Waals surface area contributed by atoms with Crippen LogP contribution in [0, 0.1) is 0 Å². The monoisotopic (exact) mass is 516 g/mol. The standard InChI is InChI=1S/C34H48N2O2/c1-26(2)36(27(3)4)23-21-32(30-12-8-5-9-13-30)33-25-29(16-19-34(33)37)11-7-6-10-24-38-31-17-14-28(15-18-31)20-22-35/h5,8-9,12-19,25-27,32,37H,6-7,10-11,20-24,35H2,1-4H3. The Kier molecular flexibility index (Phi) is 12.2. The molecule has 0 saturated carbocycles. The van der Waals surface area contributed by atoms with E-state index in [0.29, 0.717) is 24.4 Å². The number of phenols is 1. The first-order chi connectivity index (χ1) is 18.4. The number of aryl methyl sites for hydroxylation is 1. The molecule has 0 aliphatic rings. The van der Waals surface area contributed by atoms with Crippen molar-refractivity contribution in [2.75, 3.05) is 19.7 Å². The minimum Gasteiger partial charge on any atom is -0.508 e. The summed E-state index contributed by atoms with van der Waals surface area (Å²) in [5, 5.41) is 10.9. The van der Waals surface area contributed by atoms with Crippen molar-refractivity contribution < 1.29 is 9.84 Å². The molecule has 0 heterocycles. The number of phenolic OH excluding ortho intramolecular Hbond substituents is 1. The Bertz CT molecular complexity index is 1060. The minimum absolute atomic E-state index is 0.167. The predicted molar refractivity (Wildman–Crippen MR) is 160 cm³/mol. The lowest BCUT2D eigenvalue weighted by Crippen LogP contribution is -2.38. The highest BCUT2D eigenvalue weighted by molar-refractivity contribution is 5.44. The Morgan fingerprint density at radius 3 is 2.13 bits per heavy atom. The van der Waals surface area contributed by atoms with Gasteiger partial charge in [-0.15, -0.1) is 0 Å². The van der Waals surface area contributed by atoms with Crippen molar-refractivity contribution in [1.29, 1.82) is 0 Å². The van der Waals surface area contributed by atoms with Gasteiger partial charge in [-0.05, 0) is 114 Å². The third-order valence-corrected chi connectivity index (χ3v) is 7.41. The molecule has 4 heteroatoms. The number of hydrogen-bond donors (Lipinski definition) is 2. The lowest BCUT2D eigenvalue weighted by Gasteiger charge is -2.32. The number of benzene rings is 3. The molecule has 1 atom stereocenters. The van der Waals surface area contributed by atoms with Gasteiger partial charge >= 0.3 is 0 Å². The van der Waals surface area contributed by atoms with Crippen LogP contribution >= 0.6 is 0 Å². The number of unbranched alkanes of at least 4 members (excludes halogenated alkanes) is 2. The second kappa shape index (κ2) is 15.6. The molecule has 1 unspecified atom stereocenters. The van der Waals surface area contributed by atoms with Crippen LogP contribution in [0.1, 0.15) is 81.5 Å². The van der Waals surface area contributed by atoms with Crippen LogP contribution in [0.5, 0.6) is 11.5 Å². The summed E-state index contributed by atoms with van der Waals surface area (Å²) in [5.74, 6) is 1.49. The van der Waals surface area contributed by atoms with E-state index in [1.165, 1.54) is 16.7 Å². The summed E-state index contributed by atoms with van der Waals surface area (Å²) in [7, 11) is 0. The Morgan fingerprint density at radius 2 is 1.47 bits per heavy atom. The third-order valence-electron chi connectivity index (χ3n) is 7.41. The smallest absolute Gasteiger partial charge is 0.119 e. The molecule has 0 fully saturated rings.